The molecule has 144 valence electrons. The number of carbonyl (C=O) groups excluding carboxylic acids is 1. The molecule has 0 fully saturated rings. The lowest BCUT2D eigenvalue weighted by atomic mass is 9.98. The zero-order chi connectivity index (χ0) is 19.5. The number of rotatable bonds is 10. The van der Waals surface area contributed by atoms with Crippen molar-refractivity contribution in [3.63, 3.8) is 0 Å². The minimum atomic E-state index is -0.194. The summed E-state index contributed by atoms with van der Waals surface area (Å²) in [5.41, 5.74) is 4.52. The molecule has 1 atom stereocenters. The molecule has 0 aliphatic carbocycles. The van der Waals surface area contributed by atoms with Crippen LogP contribution in [0.25, 0.3) is 0 Å². The van der Waals surface area contributed by atoms with E-state index in [2.05, 4.69) is 36.5 Å². The van der Waals surface area contributed by atoms with Gasteiger partial charge in [0.05, 0.1) is 19.4 Å². The number of para-hydroxylation sites is 1. The summed E-state index contributed by atoms with van der Waals surface area (Å²) in [6.07, 6.45) is 3.49. The van der Waals surface area contributed by atoms with Crippen LogP contribution in [-0.2, 0) is 4.79 Å². The number of hydrazone groups is 1. The Balaban J connectivity index is 1.73. The molecule has 0 unspecified atom stereocenters. The molecule has 5 heteroatoms. The van der Waals surface area contributed by atoms with Crippen molar-refractivity contribution in [1.82, 2.24) is 5.43 Å². The number of hydrogen-bond acceptors (Lipinski definition) is 4. The van der Waals surface area contributed by atoms with Crippen molar-refractivity contribution in [3.05, 3.63) is 59.7 Å². The van der Waals surface area contributed by atoms with E-state index in [0.29, 0.717) is 19.1 Å². The maximum atomic E-state index is 10.8. The van der Waals surface area contributed by atoms with Crippen molar-refractivity contribution in [3.8, 4) is 11.5 Å². The second kappa shape index (κ2) is 11.0. The van der Waals surface area contributed by atoms with Gasteiger partial charge in [0.25, 0.3) is 0 Å². The lowest BCUT2D eigenvalue weighted by Crippen LogP contribution is -2.12. The topological polar surface area (TPSA) is 59.9 Å². The van der Waals surface area contributed by atoms with E-state index in [9.17, 15) is 4.79 Å². The Morgan fingerprint density at radius 3 is 2.52 bits per heavy atom. The number of amides is 1. The second-order valence-electron chi connectivity index (χ2n) is 6.39. The Bertz CT molecular complexity index is 741. The molecule has 0 heterocycles. The fourth-order valence-electron chi connectivity index (χ4n) is 2.52. The Kier molecular flexibility index (Phi) is 8.36. The first-order chi connectivity index (χ1) is 13.1. The van der Waals surface area contributed by atoms with Gasteiger partial charge in [0.2, 0.25) is 5.91 Å². The largest absolute Gasteiger partial charge is 0.493 e. The fraction of sp³-hybridized carbons (Fsp3) is 0.364. The quantitative estimate of drug-likeness (QED) is 0.381. The number of hydrogen-bond donors (Lipinski definition) is 1. The van der Waals surface area contributed by atoms with Gasteiger partial charge in [-0.3, -0.25) is 4.79 Å². The predicted molar refractivity (Wildman–Crippen MR) is 109 cm³/mol. The Morgan fingerprint density at radius 2 is 1.81 bits per heavy atom. The van der Waals surface area contributed by atoms with E-state index in [1.54, 1.807) is 6.21 Å². The summed E-state index contributed by atoms with van der Waals surface area (Å²) in [5.74, 6) is 2.06. The maximum absolute atomic E-state index is 10.8. The molecule has 0 aliphatic rings. The zero-order valence-corrected chi connectivity index (χ0v) is 16.3. The van der Waals surface area contributed by atoms with Crippen LogP contribution in [0.1, 0.15) is 50.7 Å². The van der Waals surface area contributed by atoms with E-state index in [-0.39, 0.29) is 5.91 Å². The van der Waals surface area contributed by atoms with Gasteiger partial charge in [-0.15, -0.1) is 0 Å². The highest BCUT2D eigenvalue weighted by atomic mass is 16.5. The van der Waals surface area contributed by atoms with Crippen molar-refractivity contribution in [2.75, 3.05) is 13.2 Å². The van der Waals surface area contributed by atoms with Gasteiger partial charge in [-0.25, -0.2) is 5.43 Å². The first-order valence-electron chi connectivity index (χ1n) is 9.34. The molecule has 0 saturated heterocycles. The highest BCUT2D eigenvalue weighted by molar-refractivity contribution is 5.81. The highest BCUT2D eigenvalue weighted by Crippen LogP contribution is 2.28. The Morgan fingerprint density at radius 1 is 1.11 bits per heavy atom. The van der Waals surface area contributed by atoms with Crippen LogP contribution in [0.5, 0.6) is 11.5 Å². The number of ether oxygens (including phenoxy) is 2. The van der Waals surface area contributed by atoms with Gasteiger partial charge in [0.15, 0.2) is 0 Å². The molecule has 2 aromatic carbocycles. The minimum Gasteiger partial charge on any atom is -0.493 e. The second-order valence-corrected chi connectivity index (χ2v) is 6.39. The molecular weight excluding hydrogens is 340 g/mol. The van der Waals surface area contributed by atoms with E-state index in [1.165, 1.54) is 12.5 Å². The molecule has 0 aromatic heterocycles. The lowest BCUT2D eigenvalue weighted by Gasteiger charge is -2.15. The summed E-state index contributed by atoms with van der Waals surface area (Å²) in [6.45, 7) is 7.03. The summed E-state index contributed by atoms with van der Waals surface area (Å²) in [5, 5.41) is 3.83. The average Bonchev–Trinajstić information content (AvgIpc) is 2.68. The zero-order valence-electron chi connectivity index (χ0n) is 16.3. The molecule has 27 heavy (non-hydrogen) atoms. The molecule has 2 aromatic rings. The van der Waals surface area contributed by atoms with E-state index >= 15 is 0 Å². The van der Waals surface area contributed by atoms with Gasteiger partial charge in [0, 0.05) is 13.3 Å². The summed E-state index contributed by atoms with van der Waals surface area (Å²) < 4.78 is 11.7. The van der Waals surface area contributed by atoms with Gasteiger partial charge in [-0.1, -0.05) is 32.0 Å². The Hall–Kier alpha value is -2.82. The average molecular weight is 368 g/mol. The molecule has 0 spiro atoms. The summed E-state index contributed by atoms with van der Waals surface area (Å²) in [4.78, 5) is 10.8. The molecule has 0 aliphatic heterocycles. The molecule has 2 rings (SSSR count). The van der Waals surface area contributed by atoms with Crippen LogP contribution in [-0.4, -0.2) is 25.3 Å². The van der Waals surface area contributed by atoms with E-state index < -0.39 is 0 Å². The molecular formula is C22H28N2O3. The molecule has 1 N–H and O–H groups in total. The molecule has 0 saturated carbocycles. The molecule has 0 radical (unpaired) electrons. The number of nitrogens with one attached hydrogen (secondary N) is 1. The molecule has 1 amide bonds. The fourth-order valence-corrected chi connectivity index (χ4v) is 2.52. The first-order valence-corrected chi connectivity index (χ1v) is 9.34. The van der Waals surface area contributed by atoms with Gasteiger partial charge < -0.3 is 9.47 Å². The van der Waals surface area contributed by atoms with Crippen LogP contribution < -0.4 is 14.9 Å². The molecule has 5 nitrogen and oxygen atoms in total. The van der Waals surface area contributed by atoms with E-state index in [0.717, 1.165) is 29.9 Å². The maximum Gasteiger partial charge on any atom is 0.236 e. The normalized spacial score (nSPS) is 12.0. The van der Waals surface area contributed by atoms with Crippen molar-refractivity contribution in [1.29, 1.82) is 0 Å². The van der Waals surface area contributed by atoms with E-state index in [1.807, 2.05) is 36.4 Å². The highest BCUT2D eigenvalue weighted by Gasteiger charge is 2.09. The Labute approximate surface area is 161 Å². The monoisotopic (exact) mass is 368 g/mol. The van der Waals surface area contributed by atoms with Crippen molar-refractivity contribution < 1.29 is 14.3 Å². The third kappa shape index (κ3) is 7.13. The van der Waals surface area contributed by atoms with Crippen molar-refractivity contribution in [2.24, 2.45) is 5.10 Å². The van der Waals surface area contributed by atoms with Crippen LogP contribution in [0.3, 0.4) is 0 Å². The summed E-state index contributed by atoms with van der Waals surface area (Å²) >= 11 is 0. The predicted octanol–water partition coefficient (Wildman–Crippen LogP) is 4.52. The SMILES string of the molecule is CC[C@@H](C)c1ccccc1OCCCOc1ccc(/C=N\NC(C)=O)cc1. The lowest BCUT2D eigenvalue weighted by molar-refractivity contribution is -0.118. The third-order valence-electron chi connectivity index (χ3n) is 4.19. The van der Waals surface area contributed by atoms with E-state index in [4.69, 9.17) is 9.47 Å². The summed E-state index contributed by atoms with van der Waals surface area (Å²) in [7, 11) is 0. The standard InChI is InChI=1S/C22H28N2O3/c1-4-17(2)21-8-5-6-9-22(21)27-15-7-14-26-20-12-10-19(11-13-20)16-23-24-18(3)25/h5-6,8-13,16-17H,4,7,14-15H2,1-3H3,(H,24,25)/b23-16-/t17-/m1/s1. The number of carbonyl (C=O) groups is 1. The van der Waals surface area contributed by atoms with Crippen LogP contribution in [0, 0.1) is 0 Å². The minimum absolute atomic E-state index is 0.194. The third-order valence-corrected chi connectivity index (χ3v) is 4.19. The summed E-state index contributed by atoms with van der Waals surface area (Å²) in [6, 6.07) is 15.8. The van der Waals surface area contributed by atoms with Gasteiger partial charge >= 0.3 is 0 Å². The van der Waals surface area contributed by atoms with Crippen LogP contribution in [0.15, 0.2) is 53.6 Å². The van der Waals surface area contributed by atoms with Gasteiger partial charge in [-0.2, -0.15) is 5.10 Å². The van der Waals surface area contributed by atoms with Crippen LogP contribution in [0.2, 0.25) is 0 Å². The van der Waals surface area contributed by atoms with Crippen molar-refractivity contribution >= 4 is 12.1 Å². The first kappa shape index (κ1) is 20.5. The van der Waals surface area contributed by atoms with Crippen LogP contribution >= 0.6 is 0 Å². The molecule has 0 bridgehead atoms. The van der Waals surface area contributed by atoms with Crippen molar-refractivity contribution in [2.45, 2.75) is 39.5 Å². The number of benzene rings is 2. The smallest absolute Gasteiger partial charge is 0.236 e. The van der Waals surface area contributed by atoms with Crippen LogP contribution in [0.4, 0.5) is 0 Å². The van der Waals surface area contributed by atoms with Gasteiger partial charge in [0.1, 0.15) is 11.5 Å². The van der Waals surface area contributed by atoms with Gasteiger partial charge in [-0.05, 0) is 53.8 Å². The number of nitrogens with zero attached hydrogens (tertiary/aromatic N) is 1.